The average molecular weight is 302 g/mol. The zero-order valence-electron chi connectivity index (χ0n) is 11.0. The van der Waals surface area contributed by atoms with Gasteiger partial charge in [-0.3, -0.25) is 0 Å². The summed E-state index contributed by atoms with van der Waals surface area (Å²) in [4.78, 5) is 4.56. The Kier molecular flexibility index (Phi) is 2.68. The van der Waals surface area contributed by atoms with Crippen LogP contribution in [0.15, 0.2) is 36.7 Å². The number of aromatic nitrogens is 2. The summed E-state index contributed by atoms with van der Waals surface area (Å²) in [5.41, 5.74) is 8.86. The third kappa shape index (κ3) is 2.06. The SMILES string of the molecule is Nc1cn2cc(-c3ccc4c(c3)OCCO4)nc2cc1Cl. The highest BCUT2D eigenvalue weighted by atomic mass is 35.5. The Labute approximate surface area is 125 Å². The summed E-state index contributed by atoms with van der Waals surface area (Å²) in [6.07, 6.45) is 3.67. The number of ether oxygens (including phenoxy) is 2. The maximum absolute atomic E-state index is 6.02. The Morgan fingerprint density at radius 3 is 2.76 bits per heavy atom. The van der Waals surface area contributed by atoms with Crippen LogP contribution in [-0.4, -0.2) is 22.6 Å². The number of hydrogen-bond acceptors (Lipinski definition) is 4. The van der Waals surface area contributed by atoms with E-state index in [9.17, 15) is 0 Å². The third-order valence-electron chi connectivity index (χ3n) is 3.41. The van der Waals surface area contributed by atoms with Gasteiger partial charge in [0.2, 0.25) is 0 Å². The summed E-state index contributed by atoms with van der Waals surface area (Å²) in [7, 11) is 0. The molecule has 0 radical (unpaired) electrons. The zero-order chi connectivity index (χ0) is 14.4. The monoisotopic (exact) mass is 301 g/mol. The zero-order valence-corrected chi connectivity index (χ0v) is 11.8. The molecular weight excluding hydrogens is 290 g/mol. The predicted octanol–water partition coefficient (Wildman–Crippen LogP) is 3.01. The van der Waals surface area contributed by atoms with Gasteiger partial charge >= 0.3 is 0 Å². The van der Waals surface area contributed by atoms with Gasteiger partial charge < -0.3 is 19.6 Å². The van der Waals surface area contributed by atoms with Gasteiger partial charge in [-0.2, -0.15) is 0 Å². The Bertz CT molecular complexity index is 805. The lowest BCUT2D eigenvalue weighted by Crippen LogP contribution is -2.15. The second-order valence-electron chi connectivity index (χ2n) is 4.83. The molecule has 4 rings (SSSR count). The van der Waals surface area contributed by atoms with Gasteiger partial charge in [-0.1, -0.05) is 11.6 Å². The van der Waals surface area contributed by atoms with Crippen LogP contribution in [0.5, 0.6) is 11.5 Å². The van der Waals surface area contributed by atoms with Crippen molar-refractivity contribution in [3.05, 3.63) is 41.7 Å². The molecule has 6 heteroatoms. The number of hydrogen-bond donors (Lipinski definition) is 1. The van der Waals surface area contributed by atoms with Crippen LogP contribution in [0.1, 0.15) is 0 Å². The molecule has 5 nitrogen and oxygen atoms in total. The van der Waals surface area contributed by atoms with Crippen LogP contribution in [-0.2, 0) is 0 Å². The lowest BCUT2D eigenvalue weighted by molar-refractivity contribution is 0.171. The van der Waals surface area contributed by atoms with E-state index in [-0.39, 0.29) is 0 Å². The number of imidazole rings is 1. The third-order valence-corrected chi connectivity index (χ3v) is 3.74. The quantitative estimate of drug-likeness (QED) is 0.750. The minimum Gasteiger partial charge on any atom is -0.486 e. The molecule has 0 fully saturated rings. The molecule has 0 atom stereocenters. The van der Waals surface area contributed by atoms with Crippen molar-refractivity contribution in [2.75, 3.05) is 18.9 Å². The van der Waals surface area contributed by atoms with Gasteiger partial charge in [-0.15, -0.1) is 0 Å². The Morgan fingerprint density at radius 2 is 1.90 bits per heavy atom. The Morgan fingerprint density at radius 1 is 1.10 bits per heavy atom. The van der Waals surface area contributed by atoms with E-state index < -0.39 is 0 Å². The minimum absolute atomic E-state index is 0.502. The highest BCUT2D eigenvalue weighted by Gasteiger charge is 2.14. The molecule has 2 N–H and O–H groups in total. The van der Waals surface area contributed by atoms with Crippen molar-refractivity contribution < 1.29 is 9.47 Å². The highest BCUT2D eigenvalue weighted by Crippen LogP contribution is 2.34. The summed E-state index contributed by atoms with van der Waals surface area (Å²) in [5, 5.41) is 0.502. The van der Waals surface area contributed by atoms with Crippen molar-refractivity contribution in [3.63, 3.8) is 0 Å². The van der Waals surface area contributed by atoms with Gasteiger partial charge in [-0.05, 0) is 18.2 Å². The summed E-state index contributed by atoms with van der Waals surface area (Å²) in [6.45, 7) is 1.15. The van der Waals surface area contributed by atoms with E-state index in [2.05, 4.69) is 4.98 Å². The first kappa shape index (κ1) is 12.3. The molecule has 3 aromatic rings. The van der Waals surface area contributed by atoms with Crippen molar-refractivity contribution in [2.24, 2.45) is 0 Å². The molecule has 0 saturated heterocycles. The second-order valence-corrected chi connectivity index (χ2v) is 5.23. The maximum Gasteiger partial charge on any atom is 0.162 e. The summed E-state index contributed by atoms with van der Waals surface area (Å²) in [6, 6.07) is 7.54. The number of rotatable bonds is 1. The number of halogens is 1. The van der Waals surface area contributed by atoms with Crippen LogP contribution in [0.2, 0.25) is 5.02 Å². The number of fused-ring (bicyclic) bond motifs is 2. The molecule has 0 unspecified atom stereocenters. The molecule has 21 heavy (non-hydrogen) atoms. The number of pyridine rings is 1. The van der Waals surface area contributed by atoms with E-state index in [0.29, 0.717) is 23.9 Å². The molecule has 0 spiro atoms. The topological polar surface area (TPSA) is 61.8 Å². The van der Waals surface area contributed by atoms with Gasteiger partial charge in [0.25, 0.3) is 0 Å². The molecule has 0 aliphatic carbocycles. The fourth-order valence-corrected chi connectivity index (χ4v) is 2.51. The van der Waals surface area contributed by atoms with Crippen LogP contribution < -0.4 is 15.2 Å². The second kappa shape index (κ2) is 4.56. The number of nitrogens with two attached hydrogens (primary N) is 1. The van der Waals surface area contributed by atoms with E-state index in [1.54, 1.807) is 12.3 Å². The number of nitrogens with zero attached hydrogens (tertiary/aromatic N) is 2. The Hall–Kier alpha value is -2.40. The smallest absolute Gasteiger partial charge is 0.162 e. The fraction of sp³-hybridized carbons (Fsp3) is 0.133. The van der Waals surface area contributed by atoms with Gasteiger partial charge in [0.15, 0.2) is 11.5 Å². The summed E-state index contributed by atoms with van der Waals surface area (Å²) >= 11 is 6.02. The largest absolute Gasteiger partial charge is 0.486 e. The normalized spacial score (nSPS) is 13.6. The molecule has 2 aromatic heterocycles. The van der Waals surface area contributed by atoms with Crippen molar-refractivity contribution in [1.82, 2.24) is 9.38 Å². The number of anilines is 1. The average Bonchev–Trinajstić information content (AvgIpc) is 2.90. The molecule has 0 saturated carbocycles. The standard InChI is InChI=1S/C15H12ClN3O2/c16-10-6-15-18-12(8-19(15)7-11(10)17)9-1-2-13-14(5-9)21-4-3-20-13/h1-2,5-8H,3-4,17H2. The van der Waals surface area contributed by atoms with Gasteiger partial charge in [0.05, 0.1) is 16.4 Å². The van der Waals surface area contributed by atoms with Crippen LogP contribution in [0.3, 0.4) is 0 Å². The Balaban J connectivity index is 1.82. The maximum atomic E-state index is 6.02. The van der Waals surface area contributed by atoms with Gasteiger partial charge in [-0.25, -0.2) is 4.98 Å². The first-order chi connectivity index (χ1) is 10.2. The predicted molar refractivity (Wildman–Crippen MR) is 81.0 cm³/mol. The molecule has 106 valence electrons. The van der Waals surface area contributed by atoms with E-state index in [4.69, 9.17) is 26.8 Å². The van der Waals surface area contributed by atoms with E-state index in [1.807, 2.05) is 28.8 Å². The molecule has 3 heterocycles. The first-order valence-corrected chi connectivity index (χ1v) is 6.92. The molecule has 1 aromatic carbocycles. The molecular formula is C15H12ClN3O2. The highest BCUT2D eigenvalue weighted by molar-refractivity contribution is 6.33. The lowest BCUT2D eigenvalue weighted by Gasteiger charge is -2.18. The fourth-order valence-electron chi connectivity index (χ4n) is 2.37. The molecule has 0 bridgehead atoms. The van der Waals surface area contributed by atoms with E-state index in [0.717, 1.165) is 28.4 Å². The molecule has 1 aliphatic heterocycles. The minimum atomic E-state index is 0.502. The van der Waals surface area contributed by atoms with E-state index in [1.165, 1.54) is 0 Å². The molecule has 1 aliphatic rings. The van der Waals surface area contributed by atoms with Gasteiger partial charge in [0.1, 0.15) is 18.9 Å². The van der Waals surface area contributed by atoms with Crippen molar-refractivity contribution in [1.29, 1.82) is 0 Å². The van der Waals surface area contributed by atoms with Gasteiger partial charge in [0, 0.05) is 24.0 Å². The van der Waals surface area contributed by atoms with Crippen LogP contribution >= 0.6 is 11.6 Å². The van der Waals surface area contributed by atoms with Crippen molar-refractivity contribution in [3.8, 4) is 22.8 Å². The number of benzene rings is 1. The summed E-state index contributed by atoms with van der Waals surface area (Å²) < 4.78 is 13.0. The van der Waals surface area contributed by atoms with Crippen LogP contribution in [0.4, 0.5) is 5.69 Å². The van der Waals surface area contributed by atoms with Crippen molar-refractivity contribution in [2.45, 2.75) is 0 Å². The van der Waals surface area contributed by atoms with Crippen molar-refractivity contribution >= 4 is 22.9 Å². The molecule has 0 amide bonds. The first-order valence-electron chi connectivity index (χ1n) is 6.54. The van der Waals surface area contributed by atoms with E-state index >= 15 is 0 Å². The van der Waals surface area contributed by atoms with Crippen LogP contribution in [0, 0.1) is 0 Å². The van der Waals surface area contributed by atoms with Crippen LogP contribution in [0.25, 0.3) is 16.9 Å². The number of nitrogen functional groups attached to an aromatic ring is 1. The summed E-state index contributed by atoms with van der Waals surface area (Å²) in [5.74, 6) is 1.51. The lowest BCUT2D eigenvalue weighted by atomic mass is 10.1.